The number of phenols is 1. The Morgan fingerprint density at radius 3 is 3.06 bits per heavy atom. The molecule has 86 valence electrons. The highest BCUT2D eigenvalue weighted by Crippen LogP contribution is 2.19. The summed E-state index contributed by atoms with van der Waals surface area (Å²) in [5.41, 5.74) is 3.14. The van der Waals surface area contributed by atoms with E-state index in [0.717, 1.165) is 6.54 Å². The normalized spacial score (nSPS) is 10.4. The van der Waals surface area contributed by atoms with Crippen molar-refractivity contribution in [1.29, 1.82) is 0 Å². The lowest BCUT2D eigenvalue weighted by Crippen LogP contribution is -2.31. The van der Waals surface area contributed by atoms with E-state index in [1.54, 1.807) is 12.1 Å². The number of halogens is 1. The van der Waals surface area contributed by atoms with Gasteiger partial charge in [-0.25, -0.2) is 0 Å². The van der Waals surface area contributed by atoms with Gasteiger partial charge in [-0.3, -0.25) is 5.43 Å². The van der Waals surface area contributed by atoms with Crippen molar-refractivity contribution in [2.75, 3.05) is 6.54 Å². The molecule has 16 heavy (non-hydrogen) atoms. The first-order valence-corrected chi connectivity index (χ1v) is 5.47. The molecule has 0 radical (unpaired) electrons. The van der Waals surface area contributed by atoms with Crippen molar-refractivity contribution in [3.63, 3.8) is 0 Å². The highest BCUT2D eigenvalue weighted by molar-refractivity contribution is 7.80. The molecule has 0 aliphatic heterocycles. The maximum Gasteiger partial charge on any atom is 0.186 e. The molecule has 3 N–H and O–H groups in total. The maximum atomic E-state index is 9.48. The van der Waals surface area contributed by atoms with Crippen molar-refractivity contribution in [1.82, 2.24) is 10.7 Å². The average Bonchev–Trinajstić information content (AvgIpc) is 2.23. The molecule has 4 nitrogen and oxygen atoms in total. The second kappa shape index (κ2) is 6.30. The summed E-state index contributed by atoms with van der Waals surface area (Å²) in [6.45, 7) is 2.66. The van der Waals surface area contributed by atoms with E-state index < -0.39 is 0 Å². The molecule has 0 aromatic heterocycles. The van der Waals surface area contributed by atoms with Crippen molar-refractivity contribution in [2.24, 2.45) is 5.10 Å². The third-order valence-electron chi connectivity index (χ3n) is 1.70. The summed E-state index contributed by atoms with van der Waals surface area (Å²) in [6, 6.07) is 4.72. The van der Waals surface area contributed by atoms with Gasteiger partial charge in [0.25, 0.3) is 0 Å². The van der Waals surface area contributed by atoms with E-state index in [1.165, 1.54) is 12.3 Å². The Balaban J connectivity index is 2.62. The maximum absolute atomic E-state index is 9.48. The summed E-state index contributed by atoms with van der Waals surface area (Å²) in [5.74, 6) is 0.115. The Morgan fingerprint density at radius 1 is 1.62 bits per heavy atom. The van der Waals surface area contributed by atoms with Gasteiger partial charge in [0.2, 0.25) is 0 Å². The zero-order valence-corrected chi connectivity index (χ0v) is 10.3. The number of rotatable bonds is 3. The van der Waals surface area contributed by atoms with Crippen LogP contribution in [-0.2, 0) is 0 Å². The van der Waals surface area contributed by atoms with Gasteiger partial charge in [0.1, 0.15) is 5.75 Å². The molecule has 1 aromatic rings. The van der Waals surface area contributed by atoms with Crippen LogP contribution in [0.3, 0.4) is 0 Å². The number of hydrogen-bond donors (Lipinski definition) is 3. The van der Waals surface area contributed by atoms with Gasteiger partial charge in [0.15, 0.2) is 5.11 Å². The highest BCUT2D eigenvalue weighted by atomic mass is 35.5. The zero-order valence-electron chi connectivity index (χ0n) is 8.70. The summed E-state index contributed by atoms with van der Waals surface area (Å²) < 4.78 is 0. The van der Waals surface area contributed by atoms with Crippen LogP contribution in [0.1, 0.15) is 12.5 Å². The number of nitrogens with one attached hydrogen (secondary N) is 2. The van der Waals surface area contributed by atoms with E-state index in [0.29, 0.717) is 15.7 Å². The van der Waals surface area contributed by atoms with E-state index in [4.69, 9.17) is 23.8 Å². The smallest absolute Gasteiger partial charge is 0.186 e. The van der Waals surface area contributed by atoms with E-state index in [2.05, 4.69) is 15.8 Å². The molecular formula is C10H12ClN3OS. The number of benzene rings is 1. The number of hydrogen-bond acceptors (Lipinski definition) is 3. The van der Waals surface area contributed by atoms with Crippen LogP contribution in [0.15, 0.2) is 23.3 Å². The third kappa shape index (κ3) is 4.04. The van der Waals surface area contributed by atoms with Crippen LogP contribution in [0.4, 0.5) is 0 Å². The standard InChI is InChI=1S/C10H12ClN3OS/c1-2-12-10(16)14-13-6-7-5-8(11)3-4-9(7)15/h3-6,15H,2H2,1H3,(H2,12,14,16)/b13-6-. The van der Waals surface area contributed by atoms with Gasteiger partial charge in [-0.15, -0.1) is 0 Å². The minimum absolute atomic E-state index is 0.115. The summed E-state index contributed by atoms with van der Waals surface area (Å²) >= 11 is 10.7. The molecule has 0 amide bonds. The molecule has 0 heterocycles. The fraction of sp³-hybridized carbons (Fsp3) is 0.200. The van der Waals surface area contributed by atoms with Crippen LogP contribution in [0.2, 0.25) is 5.02 Å². The molecule has 6 heteroatoms. The third-order valence-corrected chi connectivity index (χ3v) is 2.17. The Morgan fingerprint density at radius 2 is 2.38 bits per heavy atom. The van der Waals surface area contributed by atoms with Crippen LogP contribution >= 0.6 is 23.8 Å². The Bertz CT molecular complexity index is 409. The van der Waals surface area contributed by atoms with Crippen molar-refractivity contribution in [3.8, 4) is 5.75 Å². The van der Waals surface area contributed by atoms with Gasteiger partial charge in [0, 0.05) is 17.1 Å². The fourth-order valence-electron chi connectivity index (χ4n) is 0.989. The minimum atomic E-state index is 0.115. The second-order valence-corrected chi connectivity index (χ2v) is 3.78. The molecule has 0 bridgehead atoms. The van der Waals surface area contributed by atoms with Crippen molar-refractivity contribution in [3.05, 3.63) is 28.8 Å². The first kappa shape index (κ1) is 12.7. The summed E-state index contributed by atoms with van der Waals surface area (Å²) in [6.07, 6.45) is 1.45. The number of phenolic OH excluding ortho intramolecular Hbond substituents is 1. The molecule has 1 rings (SSSR count). The lowest BCUT2D eigenvalue weighted by Gasteiger charge is -2.03. The van der Waals surface area contributed by atoms with E-state index in [9.17, 15) is 5.11 Å². The largest absolute Gasteiger partial charge is 0.507 e. The molecule has 0 unspecified atom stereocenters. The topological polar surface area (TPSA) is 56.7 Å². The van der Waals surface area contributed by atoms with Crippen molar-refractivity contribution >= 4 is 35.1 Å². The predicted octanol–water partition coefficient (Wildman–Crippen LogP) is 1.86. The minimum Gasteiger partial charge on any atom is -0.507 e. The van der Waals surface area contributed by atoms with Crippen molar-refractivity contribution in [2.45, 2.75) is 6.92 Å². The molecule has 0 saturated carbocycles. The van der Waals surface area contributed by atoms with Gasteiger partial charge in [-0.05, 0) is 37.3 Å². The van der Waals surface area contributed by atoms with E-state index in [-0.39, 0.29) is 5.75 Å². The molecule has 0 saturated heterocycles. The highest BCUT2D eigenvalue weighted by Gasteiger charge is 1.98. The first-order chi connectivity index (χ1) is 7.63. The van der Waals surface area contributed by atoms with Gasteiger partial charge < -0.3 is 10.4 Å². The summed E-state index contributed by atoms with van der Waals surface area (Å²) in [5, 5.41) is 17.2. The van der Waals surface area contributed by atoms with Gasteiger partial charge >= 0.3 is 0 Å². The molecule has 0 fully saturated rings. The summed E-state index contributed by atoms with van der Waals surface area (Å²) in [4.78, 5) is 0. The number of nitrogens with zero attached hydrogens (tertiary/aromatic N) is 1. The lowest BCUT2D eigenvalue weighted by atomic mass is 10.2. The quantitative estimate of drug-likeness (QED) is 0.440. The lowest BCUT2D eigenvalue weighted by molar-refractivity contribution is 0.474. The SMILES string of the molecule is CCNC(=S)N/N=C\c1cc(Cl)ccc1O. The Labute approximate surface area is 104 Å². The van der Waals surface area contributed by atoms with E-state index >= 15 is 0 Å². The van der Waals surface area contributed by atoms with Crippen LogP contribution in [0, 0.1) is 0 Å². The monoisotopic (exact) mass is 257 g/mol. The zero-order chi connectivity index (χ0) is 12.0. The molecule has 0 spiro atoms. The van der Waals surface area contributed by atoms with Crippen LogP contribution < -0.4 is 10.7 Å². The Kier molecular flexibility index (Phi) is 5.01. The van der Waals surface area contributed by atoms with E-state index in [1.807, 2.05) is 6.92 Å². The second-order valence-electron chi connectivity index (χ2n) is 2.93. The number of thiocarbonyl (C=S) groups is 1. The predicted molar refractivity (Wildman–Crippen MR) is 70.1 cm³/mol. The Hall–Kier alpha value is -1.33. The first-order valence-electron chi connectivity index (χ1n) is 4.69. The van der Waals surface area contributed by atoms with Crippen molar-refractivity contribution < 1.29 is 5.11 Å². The number of hydrazone groups is 1. The van der Waals surface area contributed by atoms with Gasteiger partial charge in [-0.1, -0.05) is 11.6 Å². The molecule has 0 aliphatic rings. The van der Waals surface area contributed by atoms with Gasteiger partial charge in [0.05, 0.1) is 6.21 Å². The van der Waals surface area contributed by atoms with Gasteiger partial charge in [-0.2, -0.15) is 5.10 Å². The number of aromatic hydroxyl groups is 1. The van der Waals surface area contributed by atoms with Crippen LogP contribution in [-0.4, -0.2) is 23.0 Å². The fourth-order valence-corrected chi connectivity index (χ4v) is 1.37. The molecule has 1 aromatic carbocycles. The van der Waals surface area contributed by atoms with Crippen LogP contribution in [0.25, 0.3) is 0 Å². The molecular weight excluding hydrogens is 246 g/mol. The summed E-state index contributed by atoms with van der Waals surface area (Å²) in [7, 11) is 0. The molecule has 0 atom stereocenters. The average molecular weight is 258 g/mol. The van der Waals surface area contributed by atoms with Crippen LogP contribution in [0.5, 0.6) is 5.75 Å². The molecule has 0 aliphatic carbocycles.